The van der Waals surface area contributed by atoms with Crippen LogP contribution in [0.5, 0.6) is 0 Å². The molecule has 0 atom stereocenters. The van der Waals surface area contributed by atoms with E-state index < -0.39 is 11.6 Å². The topological polar surface area (TPSA) is 57.2 Å². The van der Waals surface area contributed by atoms with Crippen molar-refractivity contribution in [2.24, 2.45) is 0 Å². The van der Waals surface area contributed by atoms with Crippen LogP contribution in [0.1, 0.15) is 5.56 Å². The maximum absolute atomic E-state index is 13.8. The lowest BCUT2D eigenvalue weighted by atomic mass is 10.2. The van der Waals surface area contributed by atoms with E-state index in [0.717, 1.165) is 32.2 Å². The summed E-state index contributed by atoms with van der Waals surface area (Å²) in [7, 11) is 0. The molecule has 1 N–H and O–H groups in total. The molecule has 1 saturated heterocycles. The smallest absolute Gasteiger partial charge is 0.249 e. The maximum atomic E-state index is 13.8. The molecule has 6 nitrogen and oxygen atoms in total. The van der Waals surface area contributed by atoms with Crippen molar-refractivity contribution in [1.29, 1.82) is 0 Å². The van der Waals surface area contributed by atoms with Crippen LogP contribution in [0.3, 0.4) is 0 Å². The lowest BCUT2D eigenvalue weighted by molar-refractivity contribution is 0.586. The first-order valence-electron chi connectivity index (χ1n) is 9.07. The molecular formula is C20H20F2N6. The minimum absolute atomic E-state index is 0.101. The summed E-state index contributed by atoms with van der Waals surface area (Å²) in [5.41, 5.74) is 2.56. The van der Waals surface area contributed by atoms with Crippen molar-refractivity contribution in [2.75, 3.05) is 41.3 Å². The summed E-state index contributed by atoms with van der Waals surface area (Å²) < 4.78 is 26.9. The molecule has 0 radical (unpaired) electrons. The van der Waals surface area contributed by atoms with E-state index in [9.17, 15) is 8.78 Å². The van der Waals surface area contributed by atoms with Gasteiger partial charge in [0, 0.05) is 37.9 Å². The van der Waals surface area contributed by atoms with Gasteiger partial charge in [-0.1, -0.05) is 12.1 Å². The van der Waals surface area contributed by atoms with E-state index in [2.05, 4.69) is 61.5 Å². The normalized spacial score (nSPS) is 14.2. The zero-order chi connectivity index (χ0) is 19.5. The van der Waals surface area contributed by atoms with Crippen LogP contribution in [0.4, 0.5) is 31.9 Å². The van der Waals surface area contributed by atoms with Gasteiger partial charge in [0.05, 0.1) is 11.9 Å². The molecule has 2 heterocycles. The molecule has 0 bridgehead atoms. The van der Waals surface area contributed by atoms with E-state index in [-0.39, 0.29) is 11.6 Å². The summed E-state index contributed by atoms with van der Waals surface area (Å²) in [5.74, 6) is -0.504. The standard InChI is InChI=1S/C20H20F2N6/c1-14-3-2-4-16(11-14)27-7-9-28(10-8-27)19-13-23-26-20(25-19)24-18-6-5-15(21)12-17(18)22/h2-6,11-13H,7-10H2,1H3,(H,24,25,26). The molecule has 1 aliphatic rings. The molecule has 0 spiro atoms. The minimum atomic E-state index is -0.708. The Balaban J connectivity index is 1.44. The Hall–Kier alpha value is -3.29. The molecule has 8 heteroatoms. The number of aryl methyl sites for hydroxylation is 1. The molecule has 0 unspecified atom stereocenters. The fourth-order valence-corrected chi connectivity index (χ4v) is 3.23. The Morgan fingerprint density at radius 2 is 1.75 bits per heavy atom. The number of anilines is 4. The second kappa shape index (κ2) is 7.75. The van der Waals surface area contributed by atoms with Crippen LogP contribution in [-0.4, -0.2) is 41.4 Å². The van der Waals surface area contributed by atoms with Crippen molar-refractivity contribution >= 4 is 23.1 Å². The number of rotatable bonds is 4. The number of halogens is 2. The Bertz CT molecular complexity index is 972. The van der Waals surface area contributed by atoms with Gasteiger partial charge in [-0.05, 0) is 36.8 Å². The molecule has 0 saturated carbocycles. The van der Waals surface area contributed by atoms with Crippen LogP contribution >= 0.6 is 0 Å². The van der Waals surface area contributed by atoms with E-state index in [1.165, 1.54) is 23.4 Å². The Morgan fingerprint density at radius 3 is 2.50 bits per heavy atom. The van der Waals surface area contributed by atoms with Gasteiger partial charge in [0.2, 0.25) is 5.95 Å². The van der Waals surface area contributed by atoms with Crippen LogP contribution < -0.4 is 15.1 Å². The average Bonchev–Trinajstić information content (AvgIpc) is 2.71. The van der Waals surface area contributed by atoms with Gasteiger partial charge in [-0.15, -0.1) is 5.10 Å². The van der Waals surface area contributed by atoms with Crippen molar-refractivity contribution in [3.05, 3.63) is 65.9 Å². The zero-order valence-electron chi connectivity index (χ0n) is 15.4. The number of nitrogens with zero attached hydrogens (tertiary/aromatic N) is 5. The van der Waals surface area contributed by atoms with Gasteiger partial charge < -0.3 is 15.1 Å². The van der Waals surface area contributed by atoms with Crippen LogP contribution in [0, 0.1) is 18.6 Å². The molecule has 144 valence electrons. The first kappa shape index (κ1) is 18.1. The predicted molar refractivity (Wildman–Crippen MR) is 105 cm³/mol. The second-order valence-corrected chi connectivity index (χ2v) is 6.70. The first-order valence-corrected chi connectivity index (χ1v) is 9.07. The monoisotopic (exact) mass is 382 g/mol. The van der Waals surface area contributed by atoms with Crippen LogP contribution in [-0.2, 0) is 0 Å². The third-order valence-electron chi connectivity index (χ3n) is 4.69. The molecule has 1 fully saturated rings. The summed E-state index contributed by atoms with van der Waals surface area (Å²) in [6.45, 7) is 5.39. The summed E-state index contributed by atoms with van der Waals surface area (Å²) in [4.78, 5) is 8.89. The Kier molecular flexibility index (Phi) is 5.01. The van der Waals surface area contributed by atoms with Crippen molar-refractivity contribution < 1.29 is 8.78 Å². The molecule has 4 rings (SSSR count). The van der Waals surface area contributed by atoms with Crippen molar-refractivity contribution in [1.82, 2.24) is 15.2 Å². The quantitative estimate of drug-likeness (QED) is 0.745. The number of nitrogens with one attached hydrogen (secondary N) is 1. The van der Waals surface area contributed by atoms with Crippen LogP contribution in [0.25, 0.3) is 0 Å². The second-order valence-electron chi connectivity index (χ2n) is 6.70. The molecule has 1 aliphatic heterocycles. The van der Waals surface area contributed by atoms with Gasteiger partial charge in [0.1, 0.15) is 11.6 Å². The van der Waals surface area contributed by atoms with Gasteiger partial charge >= 0.3 is 0 Å². The molecule has 2 aromatic carbocycles. The van der Waals surface area contributed by atoms with Gasteiger partial charge in [-0.2, -0.15) is 10.1 Å². The third-order valence-corrected chi connectivity index (χ3v) is 4.69. The molecule has 1 aromatic heterocycles. The van der Waals surface area contributed by atoms with Gasteiger partial charge in [-0.3, -0.25) is 0 Å². The highest BCUT2D eigenvalue weighted by Gasteiger charge is 2.19. The zero-order valence-corrected chi connectivity index (χ0v) is 15.4. The van der Waals surface area contributed by atoms with Crippen molar-refractivity contribution in [3.8, 4) is 0 Å². The number of benzene rings is 2. The lowest BCUT2D eigenvalue weighted by Gasteiger charge is -2.36. The molecule has 0 amide bonds. The van der Waals surface area contributed by atoms with E-state index in [1.807, 2.05) is 0 Å². The van der Waals surface area contributed by atoms with E-state index >= 15 is 0 Å². The van der Waals surface area contributed by atoms with Crippen molar-refractivity contribution in [3.63, 3.8) is 0 Å². The summed E-state index contributed by atoms with van der Waals surface area (Å²) in [6.07, 6.45) is 1.59. The summed E-state index contributed by atoms with van der Waals surface area (Å²) in [5, 5.41) is 10.6. The van der Waals surface area contributed by atoms with Gasteiger partial charge in [0.25, 0.3) is 0 Å². The van der Waals surface area contributed by atoms with E-state index in [1.54, 1.807) is 6.20 Å². The minimum Gasteiger partial charge on any atom is -0.368 e. The summed E-state index contributed by atoms with van der Waals surface area (Å²) in [6, 6.07) is 11.7. The summed E-state index contributed by atoms with van der Waals surface area (Å²) >= 11 is 0. The Morgan fingerprint density at radius 1 is 0.964 bits per heavy atom. The molecule has 28 heavy (non-hydrogen) atoms. The van der Waals surface area contributed by atoms with E-state index in [0.29, 0.717) is 5.82 Å². The molecule has 3 aromatic rings. The largest absolute Gasteiger partial charge is 0.368 e. The fraction of sp³-hybridized carbons (Fsp3) is 0.250. The molecule has 0 aliphatic carbocycles. The molecular weight excluding hydrogens is 362 g/mol. The highest BCUT2D eigenvalue weighted by atomic mass is 19.1. The number of aromatic nitrogens is 3. The van der Waals surface area contributed by atoms with Gasteiger partial charge in [0.15, 0.2) is 5.82 Å². The van der Waals surface area contributed by atoms with E-state index in [4.69, 9.17) is 0 Å². The Labute approximate surface area is 161 Å². The van der Waals surface area contributed by atoms with Crippen molar-refractivity contribution in [2.45, 2.75) is 6.92 Å². The predicted octanol–water partition coefficient (Wildman–Crippen LogP) is 3.53. The van der Waals surface area contributed by atoms with Crippen LogP contribution in [0.2, 0.25) is 0 Å². The highest BCUT2D eigenvalue weighted by Crippen LogP contribution is 2.22. The first-order chi connectivity index (χ1) is 13.6. The number of hydrogen-bond donors (Lipinski definition) is 1. The SMILES string of the molecule is Cc1cccc(N2CCN(c3cnnc(Nc4ccc(F)cc4F)n3)CC2)c1. The van der Waals surface area contributed by atoms with Gasteiger partial charge in [-0.25, -0.2) is 8.78 Å². The van der Waals surface area contributed by atoms with Crippen LogP contribution in [0.15, 0.2) is 48.7 Å². The number of hydrogen-bond acceptors (Lipinski definition) is 6. The average molecular weight is 382 g/mol. The number of piperazine rings is 1. The third kappa shape index (κ3) is 4.00. The fourth-order valence-electron chi connectivity index (χ4n) is 3.23. The lowest BCUT2D eigenvalue weighted by Crippen LogP contribution is -2.47. The maximum Gasteiger partial charge on any atom is 0.249 e. The highest BCUT2D eigenvalue weighted by molar-refractivity contribution is 5.56.